The molecule has 1 aliphatic heterocycles. The maximum atomic E-state index is 5.74. The maximum absolute atomic E-state index is 5.74. The second-order valence-corrected chi connectivity index (χ2v) is 10.1. The van der Waals surface area contributed by atoms with Crippen LogP contribution in [0.25, 0.3) is 0 Å². The Kier molecular flexibility index (Phi) is 5.19. The average Bonchev–Trinajstić information content (AvgIpc) is 3.35. The molecular formula is C25H35NO4. The fourth-order valence-corrected chi connectivity index (χ4v) is 7.19. The van der Waals surface area contributed by atoms with E-state index in [1.165, 1.54) is 36.8 Å². The van der Waals surface area contributed by atoms with Gasteiger partial charge in [0.25, 0.3) is 6.41 Å². The van der Waals surface area contributed by atoms with Crippen LogP contribution in [0.2, 0.25) is 0 Å². The Bertz CT molecular complexity index is 827. The van der Waals surface area contributed by atoms with Crippen molar-refractivity contribution in [2.75, 3.05) is 27.6 Å². The van der Waals surface area contributed by atoms with Crippen molar-refractivity contribution in [2.24, 2.45) is 33.6 Å². The van der Waals surface area contributed by atoms with Crippen LogP contribution in [0, 0.1) is 28.6 Å². The van der Waals surface area contributed by atoms with Crippen LogP contribution in [-0.2, 0) is 18.9 Å². The smallest absolute Gasteiger partial charge is 0.260 e. The van der Waals surface area contributed by atoms with E-state index in [0.717, 1.165) is 36.1 Å². The van der Waals surface area contributed by atoms with Crippen LogP contribution in [0.15, 0.2) is 40.1 Å². The normalized spacial score (nSPS) is 42.4. The van der Waals surface area contributed by atoms with Gasteiger partial charge in [-0.15, -0.1) is 0 Å². The van der Waals surface area contributed by atoms with E-state index in [0.29, 0.717) is 17.9 Å². The molecule has 5 rings (SSSR count). The van der Waals surface area contributed by atoms with Crippen LogP contribution in [0.1, 0.15) is 52.4 Å². The van der Waals surface area contributed by atoms with Gasteiger partial charge in [-0.25, -0.2) is 4.99 Å². The molecule has 1 unspecified atom stereocenters. The molecular weight excluding hydrogens is 378 g/mol. The number of methoxy groups -OCH3 is 2. The summed E-state index contributed by atoms with van der Waals surface area (Å²) in [5, 5.41) is 0. The van der Waals surface area contributed by atoms with Gasteiger partial charge in [0, 0.05) is 13.5 Å². The van der Waals surface area contributed by atoms with Crippen LogP contribution < -0.4 is 0 Å². The minimum atomic E-state index is -0.525. The first-order valence-corrected chi connectivity index (χ1v) is 11.4. The molecule has 4 aliphatic carbocycles. The quantitative estimate of drug-likeness (QED) is 0.595. The maximum Gasteiger partial charge on any atom is 0.260 e. The van der Waals surface area contributed by atoms with Gasteiger partial charge in [-0.1, -0.05) is 26.0 Å². The zero-order valence-electron chi connectivity index (χ0n) is 18.8. The van der Waals surface area contributed by atoms with Gasteiger partial charge in [-0.05, 0) is 77.9 Å². The van der Waals surface area contributed by atoms with E-state index in [4.69, 9.17) is 23.9 Å². The molecule has 5 aliphatic rings. The molecule has 0 aromatic rings. The summed E-state index contributed by atoms with van der Waals surface area (Å²) < 4.78 is 21.8. The molecule has 0 radical (unpaired) electrons. The summed E-state index contributed by atoms with van der Waals surface area (Å²) in [7, 11) is 3.42. The molecule has 5 heteroatoms. The van der Waals surface area contributed by atoms with E-state index in [1.54, 1.807) is 14.2 Å². The molecule has 30 heavy (non-hydrogen) atoms. The molecule has 0 spiro atoms. The Morgan fingerprint density at radius 1 is 1.10 bits per heavy atom. The van der Waals surface area contributed by atoms with E-state index in [9.17, 15) is 0 Å². The van der Waals surface area contributed by atoms with Crippen molar-refractivity contribution in [3.63, 3.8) is 0 Å². The molecule has 0 amide bonds. The van der Waals surface area contributed by atoms with Crippen molar-refractivity contribution in [1.29, 1.82) is 0 Å². The first-order valence-electron chi connectivity index (χ1n) is 11.4. The zero-order valence-corrected chi connectivity index (χ0v) is 18.8. The molecule has 1 fully saturated rings. The van der Waals surface area contributed by atoms with E-state index in [2.05, 4.69) is 32.1 Å². The first-order chi connectivity index (χ1) is 14.5. The summed E-state index contributed by atoms with van der Waals surface area (Å²) in [6.07, 6.45) is 13.9. The van der Waals surface area contributed by atoms with Crippen LogP contribution in [0.5, 0.6) is 0 Å². The lowest BCUT2D eigenvalue weighted by molar-refractivity contribution is -0.168. The average molecular weight is 414 g/mol. The number of rotatable bonds is 5. The Morgan fingerprint density at radius 3 is 2.77 bits per heavy atom. The van der Waals surface area contributed by atoms with E-state index >= 15 is 0 Å². The summed E-state index contributed by atoms with van der Waals surface area (Å²) in [5.41, 5.74) is 4.52. The topological polar surface area (TPSA) is 49.3 Å². The van der Waals surface area contributed by atoms with Crippen molar-refractivity contribution in [1.82, 2.24) is 0 Å². The predicted molar refractivity (Wildman–Crippen MR) is 116 cm³/mol. The number of allylic oxidation sites excluding steroid dienone is 5. The third-order valence-corrected chi connectivity index (χ3v) is 8.84. The zero-order chi connectivity index (χ0) is 20.9. The summed E-state index contributed by atoms with van der Waals surface area (Å²) >= 11 is 0. The predicted octanol–water partition coefficient (Wildman–Crippen LogP) is 5.00. The molecule has 164 valence electrons. The number of hydrogen-bond acceptors (Lipinski definition) is 5. The van der Waals surface area contributed by atoms with Gasteiger partial charge in [-0.2, -0.15) is 0 Å². The van der Waals surface area contributed by atoms with Gasteiger partial charge in [0.1, 0.15) is 0 Å². The molecule has 0 aromatic carbocycles. The SMILES string of the molecule is COCOC1N=C(C2=CC[C@H]3[C@@H]4CC=C5C=C(OC)CC[C@]5(C)[C@H]4CC[C@]23C)CO1. The Balaban J connectivity index is 1.38. The highest BCUT2D eigenvalue weighted by atomic mass is 16.8. The highest BCUT2D eigenvalue weighted by Gasteiger charge is 2.57. The van der Waals surface area contributed by atoms with Gasteiger partial charge in [0.2, 0.25) is 0 Å². The Morgan fingerprint density at radius 2 is 1.97 bits per heavy atom. The number of ether oxygens (including phenoxy) is 4. The molecule has 0 aromatic heterocycles. The van der Waals surface area contributed by atoms with E-state index < -0.39 is 6.41 Å². The number of nitrogens with zero attached hydrogens (tertiary/aromatic N) is 1. The van der Waals surface area contributed by atoms with Gasteiger partial charge < -0.3 is 18.9 Å². The van der Waals surface area contributed by atoms with Crippen molar-refractivity contribution < 1.29 is 18.9 Å². The third kappa shape index (κ3) is 3.04. The first kappa shape index (κ1) is 20.5. The summed E-state index contributed by atoms with van der Waals surface area (Å²) in [5.74, 6) is 3.34. The minimum absolute atomic E-state index is 0.198. The Labute approximate surface area is 180 Å². The second kappa shape index (κ2) is 7.61. The highest BCUT2D eigenvalue weighted by Crippen LogP contribution is 2.64. The minimum Gasteiger partial charge on any atom is -0.501 e. The summed E-state index contributed by atoms with van der Waals surface area (Å²) in [6.45, 7) is 5.74. The fourth-order valence-electron chi connectivity index (χ4n) is 7.19. The van der Waals surface area contributed by atoms with Crippen LogP contribution in [0.3, 0.4) is 0 Å². The Hall–Kier alpha value is -1.43. The van der Waals surface area contributed by atoms with Gasteiger partial charge >= 0.3 is 0 Å². The van der Waals surface area contributed by atoms with Crippen molar-refractivity contribution >= 4 is 5.71 Å². The van der Waals surface area contributed by atoms with Gasteiger partial charge in [0.15, 0.2) is 6.79 Å². The standard InChI is InChI=1S/C25H35NO4/c1-24-11-9-17(28-4)13-16(24)5-6-18-19-7-8-21(25(19,2)12-10-20(18)24)22-14-29-23(26-22)30-15-27-3/h5,8,13,18-20,23H,6-7,9-12,14-15H2,1-4H3/t18-,19-,20-,23?,24-,25-/m0/s1. The molecule has 0 N–H and O–H groups in total. The highest BCUT2D eigenvalue weighted by molar-refractivity contribution is 6.03. The van der Waals surface area contributed by atoms with Gasteiger partial charge in [0.05, 0.1) is 25.2 Å². The number of fused-ring (bicyclic) bond motifs is 5. The molecule has 0 bridgehead atoms. The lowest BCUT2D eigenvalue weighted by Crippen LogP contribution is -2.49. The molecule has 0 saturated heterocycles. The molecule has 6 atom stereocenters. The van der Waals surface area contributed by atoms with Crippen molar-refractivity contribution in [3.8, 4) is 0 Å². The summed E-state index contributed by atoms with van der Waals surface area (Å²) in [4.78, 5) is 4.74. The molecule has 1 saturated carbocycles. The second-order valence-electron chi connectivity index (χ2n) is 10.1. The van der Waals surface area contributed by atoms with Crippen molar-refractivity contribution in [2.45, 2.75) is 58.8 Å². The lowest BCUT2D eigenvalue weighted by Gasteiger charge is -2.56. The van der Waals surface area contributed by atoms with Gasteiger partial charge in [-0.3, -0.25) is 0 Å². The summed E-state index contributed by atoms with van der Waals surface area (Å²) in [6, 6.07) is 0. The monoisotopic (exact) mass is 413 g/mol. The lowest BCUT2D eigenvalue weighted by atomic mass is 9.48. The number of aliphatic imine (C=N–C) groups is 1. The van der Waals surface area contributed by atoms with Crippen molar-refractivity contribution in [3.05, 3.63) is 35.1 Å². The van der Waals surface area contributed by atoms with Crippen LogP contribution in [-0.4, -0.2) is 39.7 Å². The third-order valence-electron chi connectivity index (χ3n) is 8.84. The number of hydrogen-bond donors (Lipinski definition) is 0. The largest absolute Gasteiger partial charge is 0.501 e. The van der Waals surface area contributed by atoms with Crippen LogP contribution >= 0.6 is 0 Å². The van der Waals surface area contributed by atoms with E-state index in [1.807, 2.05) is 0 Å². The molecule has 1 heterocycles. The van der Waals surface area contributed by atoms with E-state index in [-0.39, 0.29) is 12.2 Å². The molecule has 5 nitrogen and oxygen atoms in total. The van der Waals surface area contributed by atoms with Crippen LogP contribution in [0.4, 0.5) is 0 Å². The fraction of sp³-hybridized carbons (Fsp3) is 0.720.